The van der Waals surface area contributed by atoms with Crippen LogP contribution >= 0.6 is 0 Å². The Hall–Kier alpha value is -3.16. The summed E-state index contributed by atoms with van der Waals surface area (Å²) in [4.78, 5) is 56.6. The molecule has 0 atom stereocenters. The maximum atomic E-state index is 13.2. The molecule has 2 N–H and O–H groups in total. The van der Waals surface area contributed by atoms with Gasteiger partial charge >= 0.3 is 17.8 Å². The van der Waals surface area contributed by atoms with Gasteiger partial charge in [-0.2, -0.15) is 0 Å². The molecule has 5 amide bonds. The van der Waals surface area contributed by atoms with E-state index in [1.165, 1.54) is 24.2 Å². The molecule has 172 valence electrons. The fourth-order valence-electron chi connectivity index (χ4n) is 7.28. The third-order valence-electron chi connectivity index (χ3n) is 8.23. The van der Waals surface area contributed by atoms with E-state index in [0.29, 0.717) is 30.7 Å². The topological polar surface area (TPSA) is 103 Å². The van der Waals surface area contributed by atoms with Crippen LogP contribution in [0.1, 0.15) is 44.1 Å². The SMILES string of the molecule is O=C(CN1C(=O)C(=O)N(C23CC4CC(CC(C4)C2)C3)C1=O)NCCc1c[nH]c2ccccc12. The maximum absolute atomic E-state index is 13.2. The number of aromatic nitrogens is 1. The van der Waals surface area contributed by atoms with Crippen molar-refractivity contribution in [1.82, 2.24) is 20.1 Å². The summed E-state index contributed by atoms with van der Waals surface area (Å²) in [6, 6.07) is 7.33. The second kappa shape index (κ2) is 7.43. The number of urea groups is 1. The number of H-pyrrole nitrogens is 1. The van der Waals surface area contributed by atoms with E-state index in [4.69, 9.17) is 0 Å². The largest absolute Gasteiger partial charge is 0.361 e. The van der Waals surface area contributed by atoms with Crippen molar-refractivity contribution >= 4 is 34.7 Å². The van der Waals surface area contributed by atoms with Gasteiger partial charge in [-0.15, -0.1) is 0 Å². The number of para-hydroxylation sites is 1. The van der Waals surface area contributed by atoms with Crippen LogP contribution in [0.5, 0.6) is 0 Å². The van der Waals surface area contributed by atoms with Crippen molar-refractivity contribution in [2.45, 2.75) is 50.5 Å². The molecule has 1 aromatic carbocycles. The lowest BCUT2D eigenvalue weighted by Crippen LogP contribution is -2.62. The van der Waals surface area contributed by atoms with E-state index in [9.17, 15) is 19.2 Å². The van der Waals surface area contributed by atoms with Crippen LogP contribution in [0.2, 0.25) is 0 Å². The molecule has 1 aromatic heterocycles. The number of imide groups is 2. The summed E-state index contributed by atoms with van der Waals surface area (Å²) >= 11 is 0. The van der Waals surface area contributed by atoms with Crippen LogP contribution in [-0.4, -0.2) is 57.2 Å². The molecule has 2 heterocycles. The zero-order valence-corrected chi connectivity index (χ0v) is 18.5. The smallest absolute Gasteiger partial charge is 0.335 e. The number of hydrogen-bond donors (Lipinski definition) is 2. The van der Waals surface area contributed by atoms with Crippen molar-refractivity contribution in [3.63, 3.8) is 0 Å². The molecule has 0 spiro atoms. The second-order valence-electron chi connectivity index (χ2n) is 10.4. The molecule has 1 saturated heterocycles. The van der Waals surface area contributed by atoms with E-state index in [0.717, 1.165) is 40.6 Å². The number of fused-ring (bicyclic) bond motifs is 1. The Labute approximate surface area is 191 Å². The molecule has 4 saturated carbocycles. The fraction of sp³-hybridized carbons (Fsp3) is 0.520. The van der Waals surface area contributed by atoms with Gasteiger partial charge in [0.05, 0.1) is 5.54 Å². The summed E-state index contributed by atoms with van der Waals surface area (Å²) < 4.78 is 0. The van der Waals surface area contributed by atoms with Gasteiger partial charge in [0.15, 0.2) is 0 Å². The first kappa shape index (κ1) is 20.4. The van der Waals surface area contributed by atoms with E-state index < -0.39 is 35.8 Å². The number of carbonyl (C=O) groups is 4. The van der Waals surface area contributed by atoms with Crippen LogP contribution in [0.25, 0.3) is 10.9 Å². The van der Waals surface area contributed by atoms with Gasteiger partial charge in [-0.3, -0.25) is 14.4 Å². The highest BCUT2D eigenvalue weighted by Crippen LogP contribution is 2.58. The minimum atomic E-state index is -0.873. The van der Waals surface area contributed by atoms with Crippen LogP contribution in [-0.2, 0) is 20.8 Å². The van der Waals surface area contributed by atoms with Gasteiger partial charge in [-0.1, -0.05) is 18.2 Å². The standard InChI is InChI=1S/C25H28N4O4/c30-21(26-6-5-18-13-27-20-4-2-1-3-19(18)20)14-28-22(31)23(32)29(24(28)33)25-10-15-7-16(11-25)9-17(8-15)12-25/h1-4,13,15-17,27H,5-12,14H2,(H,26,30). The summed E-state index contributed by atoms with van der Waals surface area (Å²) in [6.45, 7) is -0.0380. The molecule has 7 rings (SSSR count). The molecule has 1 aliphatic heterocycles. The Bertz CT molecular complexity index is 1130. The van der Waals surface area contributed by atoms with Crippen molar-refractivity contribution in [1.29, 1.82) is 0 Å². The Morgan fingerprint density at radius 3 is 2.36 bits per heavy atom. The summed E-state index contributed by atoms with van der Waals surface area (Å²) in [5, 5.41) is 3.89. The van der Waals surface area contributed by atoms with Gasteiger partial charge in [0.1, 0.15) is 6.54 Å². The van der Waals surface area contributed by atoms with Crippen molar-refractivity contribution in [2.24, 2.45) is 17.8 Å². The third kappa shape index (κ3) is 3.26. The average Bonchev–Trinajstić information content (AvgIpc) is 3.27. The number of hydrogen-bond acceptors (Lipinski definition) is 4. The number of aromatic amines is 1. The molecule has 5 fully saturated rings. The Kier molecular flexibility index (Phi) is 4.61. The van der Waals surface area contributed by atoms with Gasteiger partial charge in [0.2, 0.25) is 5.91 Å². The van der Waals surface area contributed by atoms with Crippen molar-refractivity contribution in [3.8, 4) is 0 Å². The highest BCUT2D eigenvalue weighted by Gasteiger charge is 2.61. The highest BCUT2D eigenvalue weighted by atomic mass is 16.2. The minimum absolute atomic E-state index is 0.379. The molecule has 8 nitrogen and oxygen atoms in total. The molecule has 4 aliphatic carbocycles. The van der Waals surface area contributed by atoms with Gasteiger partial charge in [0.25, 0.3) is 0 Å². The normalized spacial score (nSPS) is 30.7. The lowest BCUT2D eigenvalue weighted by molar-refractivity contribution is -0.150. The quantitative estimate of drug-likeness (QED) is 0.524. The first-order valence-corrected chi connectivity index (χ1v) is 12.0. The number of nitrogens with one attached hydrogen (secondary N) is 2. The van der Waals surface area contributed by atoms with E-state index in [2.05, 4.69) is 10.3 Å². The lowest BCUT2D eigenvalue weighted by atomic mass is 9.52. The lowest BCUT2D eigenvalue weighted by Gasteiger charge is -2.58. The van der Waals surface area contributed by atoms with Crippen LogP contribution < -0.4 is 5.32 Å². The predicted molar refractivity (Wildman–Crippen MR) is 120 cm³/mol. The number of rotatable bonds is 6. The molecule has 0 unspecified atom stereocenters. The van der Waals surface area contributed by atoms with Crippen LogP contribution in [0, 0.1) is 17.8 Å². The van der Waals surface area contributed by atoms with Gasteiger partial charge in [-0.05, 0) is 74.3 Å². The molecular weight excluding hydrogens is 420 g/mol. The predicted octanol–water partition coefficient (Wildman–Crippen LogP) is 2.59. The highest BCUT2D eigenvalue weighted by molar-refractivity contribution is 6.45. The summed E-state index contributed by atoms with van der Waals surface area (Å²) in [5.74, 6) is -0.454. The zero-order chi connectivity index (χ0) is 22.7. The summed E-state index contributed by atoms with van der Waals surface area (Å²) in [7, 11) is 0. The Balaban J connectivity index is 1.10. The summed E-state index contributed by atoms with van der Waals surface area (Å²) in [5.41, 5.74) is 1.59. The van der Waals surface area contributed by atoms with Gasteiger partial charge < -0.3 is 10.3 Å². The Morgan fingerprint density at radius 2 is 1.67 bits per heavy atom. The van der Waals surface area contributed by atoms with Gasteiger partial charge in [0, 0.05) is 23.6 Å². The second-order valence-corrected chi connectivity index (χ2v) is 10.4. The van der Waals surface area contributed by atoms with E-state index >= 15 is 0 Å². The molecule has 5 aliphatic rings. The average molecular weight is 449 g/mol. The van der Waals surface area contributed by atoms with E-state index in [1.54, 1.807) is 0 Å². The summed E-state index contributed by atoms with van der Waals surface area (Å²) in [6.07, 6.45) is 8.46. The minimum Gasteiger partial charge on any atom is -0.361 e. The molecular formula is C25H28N4O4. The molecule has 8 heteroatoms. The third-order valence-corrected chi connectivity index (χ3v) is 8.23. The fourth-order valence-corrected chi connectivity index (χ4v) is 7.28. The van der Waals surface area contributed by atoms with Crippen LogP contribution in [0.3, 0.4) is 0 Å². The van der Waals surface area contributed by atoms with Crippen LogP contribution in [0.4, 0.5) is 4.79 Å². The molecule has 33 heavy (non-hydrogen) atoms. The number of amides is 5. The number of benzene rings is 1. The van der Waals surface area contributed by atoms with E-state index in [-0.39, 0.29) is 0 Å². The Morgan fingerprint density at radius 1 is 1.00 bits per heavy atom. The molecule has 4 bridgehead atoms. The van der Waals surface area contributed by atoms with Crippen molar-refractivity contribution < 1.29 is 19.2 Å². The molecule has 2 aromatic rings. The molecule has 0 radical (unpaired) electrons. The maximum Gasteiger partial charge on any atom is 0.335 e. The van der Waals surface area contributed by atoms with E-state index in [1.807, 2.05) is 30.5 Å². The van der Waals surface area contributed by atoms with Crippen molar-refractivity contribution in [3.05, 3.63) is 36.0 Å². The van der Waals surface area contributed by atoms with Crippen LogP contribution in [0.15, 0.2) is 30.5 Å². The zero-order valence-electron chi connectivity index (χ0n) is 18.5. The van der Waals surface area contributed by atoms with Gasteiger partial charge in [-0.25, -0.2) is 14.6 Å². The first-order valence-electron chi connectivity index (χ1n) is 12.0. The number of carbonyl (C=O) groups excluding carboxylic acids is 4. The first-order chi connectivity index (χ1) is 15.9. The monoisotopic (exact) mass is 448 g/mol. The number of nitrogens with zero attached hydrogens (tertiary/aromatic N) is 2. The van der Waals surface area contributed by atoms with Crippen molar-refractivity contribution in [2.75, 3.05) is 13.1 Å².